The minimum Gasteiger partial charge on any atom is -0.395 e. The van der Waals surface area contributed by atoms with E-state index >= 15 is 0 Å². The Kier molecular flexibility index (Phi) is 6.48. The van der Waals surface area contributed by atoms with Crippen molar-refractivity contribution in [2.45, 2.75) is 39.3 Å². The quantitative estimate of drug-likeness (QED) is 0.658. The molecule has 0 amide bonds. The van der Waals surface area contributed by atoms with Gasteiger partial charge in [0.05, 0.1) is 0 Å². The molecule has 17 heavy (non-hydrogen) atoms. The summed E-state index contributed by atoms with van der Waals surface area (Å²) >= 11 is 0. The molecule has 0 fully saturated rings. The molecule has 0 saturated heterocycles. The van der Waals surface area contributed by atoms with Crippen LogP contribution < -0.4 is 0 Å². The average molecular weight is 251 g/mol. The lowest BCUT2D eigenvalue weighted by Crippen LogP contribution is -2.38. The second-order valence-corrected chi connectivity index (χ2v) is 7.61. The van der Waals surface area contributed by atoms with Crippen molar-refractivity contribution in [2.75, 3.05) is 13.2 Å². The Labute approximate surface area is 106 Å². The molecule has 95 valence electrons. The van der Waals surface area contributed by atoms with Crippen LogP contribution in [-0.4, -0.2) is 21.8 Å². The third-order valence-corrected chi connectivity index (χ3v) is 5.84. The normalized spacial score (nSPS) is 11.7. The summed E-state index contributed by atoms with van der Waals surface area (Å²) in [6, 6.07) is 12.3. The lowest BCUT2D eigenvalue weighted by atomic mass is 10.1. The Balaban J connectivity index is 2.37. The lowest BCUT2D eigenvalue weighted by molar-refractivity contribution is 0.188. The maximum atomic E-state index is 5.82. The number of aryl methyl sites for hydroxylation is 1. The standard InChI is InChI=1S/C14H23O2Si/c1-4-15-17(3,16-5-2)13-9-12-14-10-7-6-8-11-14/h7-8,10-11H,4-5,9,12-13H2,1-3H3. The first-order valence-corrected chi connectivity index (χ1v) is 8.95. The minimum absolute atomic E-state index is 0.753. The third-order valence-electron chi connectivity index (χ3n) is 2.78. The summed E-state index contributed by atoms with van der Waals surface area (Å²) in [5, 5.41) is 0. The lowest BCUT2D eigenvalue weighted by Gasteiger charge is -2.25. The summed E-state index contributed by atoms with van der Waals surface area (Å²) in [7, 11) is -1.91. The Morgan fingerprint density at radius 2 is 1.71 bits per heavy atom. The van der Waals surface area contributed by atoms with Crippen LogP contribution in [0.25, 0.3) is 0 Å². The highest BCUT2D eigenvalue weighted by Gasteiger charge is 2.29. The van der Waals surface area contributed by atoms with E-state index in [0.717, 1.165) is 32.1 Å². The van der Waals surface area contributed by atoms with Gasteiger partial charge in [0.15, 0.2) is 0 Å². The molecule has 0 aromatic heterocycles. The van der Waals surface area contributed by atoms with Crippen molar-refractivity contribution in [3.63, 3.8) is 0 Å². The molecule has 1 radical (unpaired) electrons. The highest BCUT2D eigenvalue weighted by molar-refractivity contribution is 6.66. The molecule has 0 unspecified atom stereocenters. The van der Waals surface area contributed by atoms with E-state index in [0.29, 0.717) is 0 Å². The summed E-state index contributed by atoms with van der Waals surface area (Å²) in [6.07, 6.45) is 2.23. The van der Waals surface area contributed by atoms with Crippen LogP contribution in [0.3, 0.4) is 0 Å². The van der Waals surface area contributed by atoms with Crippen LogP contribution in [0.4, 0.5) is 0 Å². The molecule has 0 atom stereocenters. The van der Waals surface area contributed by atoms with Gasteiger partial charge in [-0.3, -0.25) is 0 Å². The molecule has 0 bridgehead atoms. The fourth-order valence-corrected chi connectivity index (χ4v) is 4.41. The van der Waals surface area contributed by atoms with Gasteiger partial charge in [-0.15, -0.1) is 0 Å². The summed E-state index contributed by atoms with van der Waals surface area (Å²) in [5.41, 5.74) is 1.37. The second kappa shape index (κ2) is 7.64. The van der Waals surface area contributed by atoms with Crippen molar-refractivity contribution in [3.05, 3.63) is 35.9 Å². The molecule has 0 aliphatic heterocycles. The topological polar surface area (TPSA) is 18.5 Å². The van der Waals surface area contributed by atoms with E-state index in [9.17, 15) is 0 Å². The Morgan fingerprint density at radius 3 is 2.24 bits per heavy atom. The van der Waals surface area contributed by atoms with Crippen molar-refractivity contribution in [3.8, 4) is 0 Å². The van der Waals surface area contributed by atoms with Gasteiger partial charge in [0.25, 0.3) is 0 Å². The number of hydrogen-bond donors (Lipinski definition) is 0. The van der Waals surface area contributed by atoms with Gasteiger partial charge in [0.1, 0.15) is 0 Å². The molecule has 0 heterocycles. The van der Waals surface area contributed by atoms with Gasteiger partial charge in [0.2, 0.25) is 0 Å². The molecule has 0 saturated carbocycles. The number of hydrogen-bond acceptors (Lipinski definition) is 2. The van der Waals surface area contributed by atoms with Crippen molar-refractivity contribution in [1.29, 1.82) is 0 Å². The Morgan fingerprint density at radius 1 is 1.12 bits per heavy atom. The van der Waals surface area contributed by atoms with Crippen LogP contribution in [0.1, 0.15) is 25.8 Å². The van der Waals surface area contributed by atoms with E-state index in [4.69, 9.17) is 8.85 Å². The SMILES string of the molecule is CCO[Si](C)(CCCc1cc[c]cc1)OCC. The van der Waals surface area contributed by atoms with Gasteiger partial charge in [-0.25, -0.2) is 0 Å². The Hall–Kier alpha value is -0.643. The minimum atomic E-state index is -1.91. The first-order chi connectivity index (χ1) is 8.20. The highest BCUT2D eigenvalue weighted by atomic mass is 28.4. The molecular weight excluding hydrogens is 228 g/mol. The van der Waals surface area contributed by atoms with Gasteiger partial charge < -0.3 is 8.85 Å². The zero-order valence-electron chi connectivity index (χ0n) is 11.2. The molecule has 0 N–H and O–H groups in total. The highest BCUT2D eigenvalue weighted by Crippen LogP contribution is 2.17. The zero-order chi connectivity index (χ0) is 12.6. The van der Waals surface area contributed by atoms with Gasteiger partial charge in [-0.2, -0.15) is 0 Å². The molecule has 3 heteroatoms. The van der Waals surface area contributed by atoms with Crippen molar-refractivity contribution in [1.82, 2.24) is 0 Å². The van der Waals surface area contributed by atoms with E-state index in [1.54, 1.807) is 0 Å². The van der Waals surface area contributed by atoms with E-state index in [1.165, 1.54) is 5.56 Å². The van der Waals surface area contributed by atoms with E-state index in [-0.39, 0.29) is 0 Å². The largest absolute Gasteiger partial charge is 0.395 e. The van der Waals surface area contributed by atoms with Crippen molar-refractivity contribution < 1.29 is 8.85 Å². The van der Waals surface area contributed by atoms with Crippen LogP contribution in [-0.2, 0) is 15.3 Å². The average Bonchev–Trinajstić information content (AvgIpc) is 2.31. The molecule has 0 aliphatic carbocycles. The Bertz CT molecular complexity index is 294. The van der Waals surface area contributed by atoms with Crippen LogP contribution in [0.15, 0.2) is 24.3 Å². The van der Waals surface area contributed by atoms with Gasteiger partial charge >= 0.3 is 8.56 Å². The predicted molar refractivity (Wildman–Crippen MR) is 73.3 cm³/mol. The van der Waals surface area contributed by atoms with Gasteiger partial charge in [-0.05, 0) is 50.9 Å². The third kappa shape index (κ3) is 5.48. The molecule has 1 aromatic rings. The molecule has 2 nitrogen and oxygen atoms in total. The van der Waals surface area contributed by atoms with Crippen LogP contribution >= 0.6 is 0 Å². The predicted octanol–water partition coefficient (Wildman–Crippen LogP) is 3.56. The van der Waals surface area contributed by atoms with Gasteiger partial charge in [-0.1, -0.05) is 24.3 Å². The smallest absolute Gasteiger partial charge is 0.334 e. The number of rotatable bonds is 8. The summed E-state index contributed by atoms with van der Waals surface area (Å²) in [4.78, 5) is 0. The van der Waals surface area contributed by atoms with Crippen molar-refractivity contribution >= 4 is 8.56 Å². The molecule has 0 aliphatic rings. The fraction of sp³-hybridized carbons (Fsp3) is 0.571. The molecule has 1 aromatic carbocycles. The van der Waals surface area contributed by atoms with Crippen LogP contribution in [0.5, 0.6) is 0 Å². The summed E-state index contributed by atoms with van der Waals surface area (Å²) in [6.45, 7) is 7.75. The van der Waals surface area contributed by atoms with E-state index in [2.05, 4.69) is 24.7 Å². The van der Waals surface area contributed by atoms with Crippen molar-refractivity contribution in [2.24, 2.45) is 0 Å². The first-order valence-electron chi connectivity index (χ1n) is 6.43. The first kappa shape index (κ1) is 14.4. The monoisotopic (exact) mass is 251 g/mol. The summed E-state index contributed by atoms with van der Waals surface area (Å²) in [5.74, 6) is 0. The van der Waals surface area contributed by atoms with E-state index in [1.807, 2.05) is 26.0 Å². The molecular formula is C14H23O2Si. The maximum absolute atomic E-state index is 5.82. The van der Waals surface area contributed by atoms with Gasteiger partial charge in [0, 0.05) is 13.2 Å². The number of benzene rings is 1. The zero-order valence-corrected chi connectivity index (χ0v) is 12.2. The van der Waals surface area contributed by atoms with Crippen LogP contribution in [0, 0.1) is 6.07 Å². The molecule has 0 spiro atoms. The molecule has 1 rings (SSSR count). The van der Waals surface area contributed by atoms with Crippen LogP contribution in [0.2, 0.25) is 12.6 Å². The second-order valence-electron chi connectivity index (χ2n) is 4.26. The maximum Gasteiger partial charge on any atom is 0.334 e. The van der Waals surface area contributed by atoms with E-state index < -0.39 is 8.56 Å². The fourth-order valence-electron chi connectivity index (χ4n) is 2.00. The summed E-state index contributed by atoms with van der Waals surface area (Å²) < 4.78 is 11.6.